The van der Waals surface area contributed by atoms with E-state index in [9.17, 15) is 4.79 Å². The van der Waals surface area contributed by atoms with Crippen LogP contribution in [0.4, 0.5) is 0 Å². The summed E-state index contributed by atoms with van der Waals surface area (Å²) in [6, 6.07) is 20.4. The molecule has 0 bridgehead atoms. The van der Waals surface area contributed by atoms with E-state index in [2.05, 4.69) is 5.32 Å². The number of amides is 1. The zero-order chi connectivity index (χ0) is 14.0. The molecule has 0 heterocycles. The molecule has 1 N–H and O–H groups in total. The first kappa shape index (κ1) is 12.9. The summed E-state index contributed by atoms with van der Waals surface area (Å²) in [5.41, 5.74) is 1.43. The van der Waals surface area contributed by atoms with Gasteiger partial charge < -0.3 is 5.32 Å². The highest BCUT2D eigenvalue weighted by Crippen LogP contribution is 2.33. The van der Waals surface area contributed by atoms with Gasteiger partial charge in [-0.05, 0) is 30.9 Å². The fourth-order valence-corrected chi connectivity index (χ4v) is 2.53. The molecule has 1 fully saturated rings. The maximum absolute atomic E-state index is 12.8. The van der Waals surface area contributed by atoms with E-state index in [4.69, 9.17) is 0 Å². The first-order valence-electron chi connectivity index (χ1n) is 7.13. The zero-order valence-corrected chi connectivity index (χ0v) is 11.7. The molecule has 0 radical (unpaired) electrons. The van der Waals surface area contributed by atoms with Crippen LogP contribution in [0.5, 0.6) is 0 Å². The minimum atomic E-state index is -0.634. The lowest BCUT2D eigenvalue weighted by atomic mass is 9.75. The molecule has 1 saturated carbocycles. The Hall–Kier alpha value is -2.09. The van der Waals surface area contributed by atoms with Gasteiger partial charge in [-0.1, -0.05) is 60.7 Å². The van der Waals surface area contributed by atoms with Crippen molar-refractivity contribution in [2.45, 2.75) is 31.2 Å². The van der Waals surface area contributed by atoms with Crippen LogP contribution in [0.3, 0.4) is 0 Å². The highest BCUT2D eigenvalue weighted by Gasteiger charge is 2.39. The molecular weight excluding hydrogens is 246 g/mol. The summed E-state index contributed by atoms with van der Waals surface area (Å²) in [6.45, 7) is 2.01. The number of benzene rings is 2. The topological polar surface area (TPSA) is 29.1 Å². The van der Waals surface area contributed by atoms with Gasteiger partial charge in [0.1, 0.15) is 0 Å². The summed E-state index contributed by atoms with van der Waals surface area (Å²) < 4.78 is 0. The Balaban J connectivity index is 2.04. The summed E-state index contributed by atoms with van der Waals surface area (Å²) >= 11 is 0. The van der Waals surface area contributed by atoms with Crippen LogP contribution >= 0.6 is 0 Å². The van der Waals surface area contributed by atoms with Crippen molar-refractivity contribution in [3.63, 3.8) is 0 Å². The third kappa shape index (κ3) is 2.34. The first-order chi connectivity index (χ1) is 9.71. The number of carbonyl (C=O) groups is 1. The minimum absolute atomic E-state index is 0.0948. The van der Waals surface area contributed by atoms with Crippen LogP contribution in [0.2, 0.25) is 0 Å². The summed E-state index contributed by atoms with van der Waals surface area (Å²) in [4.78, 5) is 12.8. The van der Waals surface area contributed by atoms with Crippen molar-refractivity contribution in [2.75, 3.05) is 0 Å². The largest absolute Gasteiger partial charge is 0.352 e. The van der Waals surface area contributed by atoms with Crippen molar-refractivity contribution >= 4 is 5.91 Å². The van der Waals surface area contributed by atoms with Gasteiger partial charge in [0, 0.05) is 6.04 Å². The third-order valence-corrected chi connectivity index (χ3v) is 4.07. The Bertz CT molecular complexity index is 548. The summed E-state index contributed by atoms with van der Waals surface area (Å²) in [6.07, 6.45) is 2.21. The van der Waals surface area contributed by atoms with Crippen molar-refractivity contribution in [3.8, 4) is 0 Å². The lowest BCUT2D eigenvalue weighted by molar-refractivity contribution is -0.125. The third-order valence-electron chi connectivity index (χ3n) is 4.07. The van der Waals surface area contributed by atoms with Gasteiger partial charge in [-0.3, -0.25) is 4.79 Å². The molecule has 0 saturated heterocycles. The maximum atomic E-state index is 12.8. The van der Waals surface area contributed by atoms with Gasteiger partial charge in [0.05, 0.1) is 5.41 Å². The minimum Gasteiger partial charge on any atom is -0.352 e. The van der Waals surface area contributed by atoms with Crippen LogP contribution in [0.25, 0.3) is 0 Å². The molecule has 2 heteroatoms. The van der Waals surface area contributed by atoms with E-state index in [0.29, 0.717) is 6.04 Å². The average Bonchev–Trinajstić information content (AvgIpc) is 3.32. The smallest absolute Gasteiger partial charge is 0.235 e. The molecule has 0 atom stereocenters. The zero-order valence-electron chi connectivity index (χ0n) is 11.7. The van der Waals surface area contributed by atoms with Crippen LogP contribution in [0.15, 0.2) is 60.7 Å². The number of hydrogen-bond donors (Lipinski definition) is 1. The summed E-state index contributed by atoms with van der Waals surface area (Å²) in [5, 5.41) is 3.15. The summed E-state index contributed by atoms with van der Waals surface area (Å²) in [7, 11) is 0. The van der Waals surface area contributed by atoms with Crippen LogP contribution in [-0.2, 0) is 10.2 Å². The standard InChI is InChI=1S/C18H19NO/c1-18(14-8-4-2-5-9-14,15-10-6-3-7-11-15)17(20)19-16-12-13-16/h2-11,16H,12-13H2,1H3,(H,19,20). The normalized spacial score (nSPS) is 14.8. The van der Waals surface area contributed by atoms with Gasteiger partial charge in [-0.25, -0.2) is 0 Å². The second-order valence-electron chi connectivity index (χ2n) is 5.60. The quantitative estimate of drug-likeness (QED) is 0.903. The van der Waals surface area contributed by atoms with E-state index in [-0.39, 0.29) is 5.91 Å². The number of nitrogens with one attached hydrogen (secondary N) is 1. The van der Waals surface area contributed by atoms with Gasteiger partial charge in [0.15, 0.2) is 0 Å². The van der Waals surface area contributed by atoms with E-state index in [1.165, 1.54) is 0 Å². The lowest BCUT2D eigenvalue weighted by Gasteiger charge is -2.29. The Morgan fingerprint density at radius 3 is 1.80 bits per heavy atom. The predicted octanol–water partition coefficient (Wildman–Crippen LogP) is 3.27. The summed E-state index contributed by atoms with van der Waals surface area (Å²) in [5.74, 6) is 0.0948. The molecule has 0 aromatic heterocycles. The first-order valence-corrected chi connectivity index (χ1v) is 7.13. The molecule has 0 spiro atoms. The molecule has 0 unspecified atom stereocenters. The monoisotopic (exact) mass is 265 g/mol. The second kappa shape index (κ2) is 5.12. The number of carbonyl (C=O) groups excluding carboxylic acids is 1. The van der Waals surface area contributed by atoms with Crippen molar-refractivity contribution in [1.29, 1.82) is 0 Å². The Morgan fingerprint density at radius 2 is 1.40 bits per heavy atom. The molecule has 0 aliphatic heterocycles. The van der Waals surface area contributed by atoms with Crippen LogP contribution in [0, 0.1) is 0 Å². The molecule has 2 aromatic carbocycles. The lowest BCUT2D eigenvalue weighted by Crippen LogP contribution is -2.44. The van der Waals surface area contributed by atoms with Gasteiger partial charge in [0.25, 0.3) is 0 Å². The van der Waals surface area contributed by atoms with Crippen molar-refractivity contribution < 1.29 is 4.79 Å². The molecule has 2 nitrogen and oxygen atoms in total. The Kier molecular flexibility index (Phi) is 3.31. The molecule has 1 aliphatic carbocycles. The van der Waals surface area contributed by atoms with Gasteiger partial charge in [-0.15, -0.1) is 0 Å². The molecular formula is C18H19NO. The predicted molar refractivity (Wildman–Crippen MR) is 80.5 cm³/mol. The van der Waals surface area contributed by atoms with E-state index in [1.54, 1.807) is 0 Å². The highest BCUT2D eigenvalue weighted by molar-refractivity contribution is 5.92. The van der Waals surface area contributed by atoms with Crippen LogP contribution in [0.1, 0.15) is 30.9 Å². The molecule has 20 heavy (non-hydrogen) atoms. The van der Waals surface area contributed by atoms with Crippen molar-refractivity contribution in [3.05, 3.63) is 71.8 Å². The fourth-order valence-electron chi connectivity index (χ4n) is 2.53. The van der Waals surface area contributed by atoms with E-state index < -0.39 is 5.41 Å². The van der Waals surface area contributed by atoms with Crippen LogP contribution in [-0.4, -0.2) is 11.9 Å². The van der Waals surface area contributed by atoms with E-state index in [1.807, 2.05) is 67.6 Å². The second-order valence-corrected chi connectivity index (χ2v) is 5.60. The fraction of sp³-hybridized carbons (Fsp3) is 0.278. The van der Waals surface area contributed by atoms with Gasteiger partial charge in [0.2, 0.25) is 5.91 Å². The average molecular weight is 265 g/mol. The Labute approximate surface area is 119 Å². The molecule has 2 aromatic rings. The van der Waals surface area contributed by atoms with Crippen molar-refractivity contribution in [2.24, 2.45) is 0 Å². The van der Waals surface area contributed by atoms with Crippen molar-refractivity contribution in [1.82, 2.24) is 5.32 Å². The molecule has 1 amide bonds. The van der Waals surface area contributed by atoms with E-state index >= 15 is 0 Å². The van der Waals surface area contributed by atoms with Gasteiger partial charge in [-0.2, -0.15) is 0 Å². The number of rotatable bonds is 4. The van der Waals surface area contributed by atoms with E-state index in [0.717, 1.165) is 24.0 Å². The van der Waals surface area contributed by atoms with Gasteiger partial charge >= 0.3 is 0 Å². The highest BCUT2D eigenvalue weighted by atomic mass is 16.2. The van der Waals surface area contributed by atoms with Crippen LogP contribution < -0.4 is 5.32 Å². The molecule has 1 aliphatic rings. The molecule has 102 valence electrons. The number of hydrogen-bond acceptors (Lipinski definition) is 1. The maximum Gasteiger partial charge on any atom is 0.235 e. The SMILES string of the molecule is CC(C(=O)NC1CC1)(c1ccccc1)c1ccccc1. The Morgan fingerprint density at radius 1 is 0.950 bits per heavy atom. The molecule has 3 rings (SSSR count).